The van der Waals surface area contributed by atoms with E-state index in [0.717, 1.165) is 25.7 Å². The number of esters is 1. The number of carbonyl (C=O) groups excluding carboxylic acids is 2. The molecule has 2 aromatic carbocycles. The number of ether oxygens (including phenoxy) is 1. The first-order valence-electron chi connectivity index (χ1n) is 10.5. The maximum atomic E-state index is 12.5. The van der Waals surface area contributed by atoms with E-state index in [1.165, 1.54) is 24.6 Å². The number of hydrogen-bond donors (Lipinski definition) is 1. The summed E-state index contributed by atoms with van der Waals surface area (Å²) in [6.45, 7) is 0. The summed E-state index contributed by atoms with van der Waals surface area (Å²) < 4.78 is 11.1. The van der Waals surface area contributed by atoms with Crippen LogP contribution in [-0.4, -0.2) is 22.9 Å². The van der Waals surface area contributed by atoms with Crippen LogP contribution in [-0.2, 0) is 4.74 Å². The van der Waals surface area contributed by atoms with Gasteiger partial charge in [0.25, 0.3) is 11.6 Å². The summed E-state index contributed by atoms with van der Waals surface area (Å²) in [4.78, 5) is 35.6. The minimum atomic E-state index is -0.507. The number of nitrogens with zero attached hydrogens (tertiary/aromatic N) is 1. The summed E-state index contributed by atoms with van der Waals surface area (Å²) in [5.41, 5.74) is 1.08. The molecule has 1 saturated carbocycles. The number of amides is 1. The Labute approximate surface area is 184 Å². The van der Waals surface area contributed by atoms with Gasteiger partial charge in [-0.2, -0.15) is 0 Å². The minimum absolute atomic E-state index is 0.0129. The molecule has 1 aliphatic rings. The molecular weight excluding hydrogens is 412 g/mol. The Morgan fingerprint density at radius 3 is 2.41 bits per heavy atom. The van der Waals surface area contributed by atoms with Crippen molar-refractivity contribution >= 4 is 23.3 Å². The summed E-state index contributed by atoms with van der Waals surface area (Å²) in [6.07, 6.45) is 5.12. The number of rotatable bonds is 6. The highest BCUT2D eigenvalue weighted by atomic mass is 16.6. The van der Waals surface area contributed by atoms with E-state index in [2.05, 4.69) is 5.32 Å². The lowest BCUT2D eigenvalue weighted by Gasteiger charge is -2.21. The molecule has 1 amide bonds. The van der Waals surface area contributed by atoms with Crippen LogP contribution in [0.4, 0.5) is 11.4 Å². The van der Waals surface area contributed by atoms with Gasteiger partial charge in [-0.1, -0.05) is 18.6 Å². The highest BCUT2D eigenvalue weighted by Gasteiger charge is 2.20. The van der Waals surface area contributed by atoms with Gasteiger partial charge < -0.3 is 14.5 Å². The van der Waals surface area contributed by atoms with Crippen LogP contribution in [0.2, 0.25) is 0 Å². The summed E-state index contributed by atoms with van der Waals surface area (Å²) in [5, 5.41) is 13.9. The normalized spacial score (nSPS) is 14.0. The molecule has 0 spiro atoms. The minimum Gasteiger partial charge on any atom is -0.459 e. The van der Waals surface area contributed by atoms with Crippen molar-refractivity contribution in [3.63, 3.8) is 0 Å². The van der Waals surface area contributed by atoms with Gasteiger partial charge in [0.15, 0.2) is 5.76 Å². The van der Waals surface area contributed by atoms with Crippen LogP contribution >= 0.6 is 0 Å². The maximum absolute atomic E-state index is 12.5. The Hall–Kier alpha value is -3.94. The molecule has 0 unspecified atom stereocenters. The van der Waals surface area contributed by atoms with Crippen molar-refractivity contribution in [3.8, 4) is 11.3 Å². The molecule has 8 heteroatoms. The number of furan rings is 1. The maximum Gasteiger partial charge on any atom is 0.338 e. The molecule has 0 atom stereocenters. The van der Waals surface area contributed by atoms with Crippen molar-refractivity contribution in [2.24, 2.45) is 0 Å². The molecule has 32 heavy (non-hydrogen) atoms. The number of benzene rings is 2. The predicted octanol–water partition coefficient (Wildman–Crippen LogP) is 5.60. The van der Waals surface area contributed by atoms with Crippen LogP contribution < -0.4 is 5.32 Å². The van der Waals surface area contributed by atoms with E-state index in [-0.39, 0.29) is 34.8 Å². The van der Waals surface area contributed by atoms with Crippen molar-refractivity contribution in [1.82, 2.24) is 0 Å². The molecule has 1 aliphatic carbocycles. The molecule has 0 radical (unpaired) electrons. The van der Waals surface area contributed by atoms with E-state index >= 15 is 0 Å². The van der Waals surface area contributed by atoms with Gasteiger partial charge in [-0.3, -0.25) is 14.9 Å². The monoisotopic (exact) mass is 434 g/mol. The van der Waals surface area contributed by atoms with Crippen LogP contribution in [0.1, 0.15) is 53.0 Å². The molecule has 1 heterocycles. The lowest BCUT2D eigenvalue weighted by Crippen LogP contribution is -2.20. The van der Waals surface area contributed by atoms with Crippen molar-refractivity contribution in [2.45, 2.75) is 38.2 Å². The molecule has 0 bridgehead atoms. The quantitative estimate of drug-likeness (QED) is 0.307. The zero-order chi connectivity index (χ0) is 22.5. The van der Waals surface area contributed by atoms with E-state index < -0.39 is 10.8 Å². The van der Waals surface area contributed by atoms with Crippen molar-refractivity contribution in [3.05, 3.63) is 82.1 Å². The third kappa shape index (κ3) is 4.85. The topological polar surface area (TPSA) is 112 Å². The number of carbonyl (C=O) groups is 2. The lowest BCUT2D eigenvalue weighted by atomic mass is 9.98. The van der Waals surface area contributed by atoms with Crippen molar-refractivity contribution in [2.75, 3.05) is 5.32 Å². The van der Waals surface area contributed by atoms with Gasteiger partial charge in [0.2, 0.25) is 0 Å². The second kappa shape index (κ2) is 9.47. The Balaban J connectivity index is 1.40. The molecule has 1 N–H and O–H groups in total. The smallest absolute Gasteiger partial charge is 0.338 e. The van der Waals surface area contributed by atoms with E-state index in [1.54, 1.807) is 42.5 Å². The number of nitro benzene ring substituents is 1. The second-order valence-electron chi connectivity index (χ2n) is 7.63. The fourth-order valence-electron chi connectivity index (χ4n) is 3.73. The summed E-state index contributed by atoms with van der Waals surface area (Å²) in [6, 6.07) is 15.5. The SMILES string of the molecule is O=C(OC1CCCCC1)c1ccc(NC(=O)c2ccc(-c3ccccc3[N+](=O)[O-])o2)cc1. The van der Waals surface area contributed by atoms with E-state index in [0.29, 0.717) is 11.3 Å². The molecule has 1 aromatic heterocycles. The average molecular weight is 434 g/mol. The first kappa shape index (κ1) is 21.3. The standard InChI is InChI=1S/C24H22N2O6/c27-23(22-15-14-21(32-22)19-8-4-5-9-20(19)26(29)30)25-17-12-10-16(11-13-17)24(28)31-18-6-2-1-3-7-18/h4-5,8-15,18H,1-3,6-7H2,(H,25,27). The van der Waals surface area contributed by atoms with E-state index in [4.69, 9.17) is 9.15 Å². The Morgan fingerprint density at radius 1 is 0.969 bits per heavy atom. The number of anilines is 1. The third-order valence-corrected chi connectivity index (χ3v) is 5.40. The third-order valence-electron chi connectivity index (χ3n) is 5.40. The lowest BCUT2D eigenvalue weighted by molar-refractivity contribution is -0.384. The van der Waals surface area contributed by atoms with Crippen LogP contribution in [0.25, 0.3) is 11.3 Å². The summed E-state index contributed by atoms with van der Waals surface area (Å²) in [7, 11) is 0. The second-order valence-corrected chi connectivity index (χ2v) is 7.63. The number of nitrogens with one attached hydrogen (secondary N) is 1. The fraction of sp³-hybridized carbons (Fsp3) is 0.250. The predicted molar refractivity (Wildman–Crippen MR) is 117 cm³/mol. The molecular formula is C24H22N2O6. The van der Waals surface area contributed by atoms with Gasteiger partial charge in [0.1, 0.15) is 11.9 Å². The van der Waals surface area contributed by atoms with Gasteiger partial charge in [0.05, 0.1) is 16.1 Å². The highest BCUT2D eigenvalue weighted by molar-refractivity contribution is 6.03. The molecule has 0 saturated heterocycles. The number of nitro groups is 1. The van der Waals surface area contributed by atoms with Crippen LogP contribution in [0.5, 0.6) is 0 Å². The van der Waals surface area contributed by atoms with Gasteiger partial charge in [-0.15, -0.1) is 0 Å². The van der Waals surface area contributed by atoms with Crippen LogP contribution in [0.15, 0.2) is 65.1 Å². The number of hydrogen-bond acceptors (Lipinski definition) is 6. The Kier molecular flexibility index (Phi) is 6.30. The van der Waals surface area contributed by atoms with Gasteiger partial charge in [-0.05, 0) is 68.1 Å². The largest absolute Gasteiger partial charge is 0.459 e. The Bertz CT molecular complexity index is 1130. The average Bonchev–Trinajstić information content (AvgIpc) is 3.30. The van der Waals surface area contributed by atoms with Crippen LogP contribution in [0.3, 0.4) is 0 Å². The highest BCUT2D eigenvalue weighted by Crippen LogP contribution is 2.31. The molecule has 3 aromatic rings. The zero-order valence-corrected chi connectivity index (χ0v) is 17.3. The number of para-hydroxylation sites is 1. The van der Waals surface area contributed by atoms with E-state index in [9.17, 15) is 19.7 Å². The van der Waals surface area contributed by atoms with Gasteiger partial charge in [-0.25, -0.2) is 4.79 Å². The fourth-order valence-corrected chi connectivity index (χ4v) is 3.73. The Morgan fingerprint density at radius 2 is 1.69 bits per heavy atom. The summed E-state index contributed by atoms with van der Waals surface area (Å²) in [5.74, 6) is -0.635. The zero-order valence-electron chi connectivity index (χ0n) is 17.3. The summed E-state index contributed by atoms with van der Waals surface area (Å²) >= 11 is 0. The first-order valence-corrected chi connectivity index (χ1v) is 10.5. The molecule has 8 nitrogen and oxygen atoms in total. The molecule has 4 rings (SSSR count). The van der Waals surface area contributed by atoms with Crippen LogP contribution in [0, 0.1) is 10.1 Å². The van der Waals surface area contributed by atoms with Gasteiger partial charge in [0, 0.05) is 11.8 Å². The van der Waals surface area contributed by atoms with Crippen molar-refractivity contribution in [1.29, 1.82) is 0 Å². The molecule has 0 aliphatic heterocycles. The van der Waals surface area contributed by atoms with Gasteiger partial charge >= 0.3 is 5.97 Å². The molecule has 1 fully saturated rings. The van der Waals surface area contributed by atoms with Crippen molar-refractivity contribution < 1.29 is 23.7 Å². The van der Waals surface area contributed by atoms with E-state index in [1.807, 2.05) is 0 Å². The molecule has 164 valence electrons. The first-order chi connectivity index (χ1) is 15.5.